The first kappa shape index (κ1) is 14.2. The number of amides is 2. The molecule has 4 rings (SSSR count). The van der Waals surface area contributed by atoms with Crippen LogP contribution in [0.25, 0.3) is 0 Å². The predicted octanol–water partition coefficient (Wildman–Crippen LogP) is 1.77. The number of rotatable bonds is 3. The minimum atomic E-state index is -0.307. The molecule has 4 fully saturated rings. The molecule has 4 bridgehead atoms. The lowest BCUT2D eigenvalue weighted by atomic mass is 9.49. The van der Waals surface area contributed by atoms with E-state index in [-0.39, 0.29) is 28.6 Å². The minimum Gasteiger partial charge on any atom is -0.347 e. The van der Waals surface area contributed by atoms with E-state index in [1.807, 2.05) is 0 Å². The largest absolute Gasteiger partial charge is 0.347 e. The summed E-state index contributed by atoms with van der Waals surface area (Å²) >= 11 is 6.72. The van der Waals surface area contributed by atoms with Crippen LogP contribution in [0.1, 0.15) is 38.5 Å². The van der Waals surface area contributed by atoms with Crippen molar-refractivity contribution in [1.82, 2.24) is 10.2 Å². The summed E-state index contributed by atoms with van der Waals surface area (Å²) in [6, 6.07) is 0. The quantitative estimate of drug-likeness (QED) is 0.807. The first-order chi connectivity index (χ1) is 9.32. The highest BCUT2D eigenvalue weighted by molar-refractivity contribution is 6.24. The second-order valence-electron chi connectivity index (χ2n) is 7.36. The van der Waals surface area contributed by atoms with Gasteiger partial charge < -0.3 is 10.2 Å². The number of hydrogen-bond donors (Lipinski definition) is 1. The molecule has 2 unspecified atom stereocenters. The summed E-state index contributed by atoms with van der Waals surface area (Å²) in [6.45, 7) is 0.0954. The molecule has 0 spiro atoms. The van der Waals surface area contributed by atoms with E-state index in [0.29, 0.717) is 11.8 Å². The van der Waals surface area contributed by atoms with Gasteiger partial charge in [0, 0.05) is 19.0 Å². The van der Waals surface area contributed by atoms with Crippen molar-refractivity contribution in [2.75, 3.05) is 20.6 Å². The molecule has 2 amide bonds. The molecule has 0 saturated heterocycles. The van der Waals surface area contributed by atoms with Gasteiger partial charge in [-0.05, 0) is 50.4 Å². The third kappa shape index (κ3) is 2.32. The number of halogens is 1. The van der Waals surface area contributed by atoms with Crippen LogP contribution in [0.3, 0.4) is 0 Å². The highest BCUT2D eigenvalue weighted by atomic mass is 35.5. The van der Waals surface area contributed by atoms with Crippen molar-refractivity contribution < 1.29 is 9.59 Å². The monoisotopic (exact) mass is 298 g/mol. The van der Waals surface area contributed by atoms with Crippen LogP contribution in [0.2, 0.25) is 0 Å². The first-order valence-corrected chi connectivity index (χ1v) is 7.87. The van der Waals surface area contributed by atoms with Crippen molar-refractivity contribution in [2.45, 2.75) is 43.4 Å². The van der Waals surface area contributed by atoms with Crippen LogP contribution in [0.5, 0.6) is 0 Å². The van der Waals surface area contributed by atoms with Crippen LogP contribution in [-0.4, -0.2) is 42.2 Å². The molecule has 4 aliphatic carbocycles. The fraction of sp³-hybridized carbons (Fsp3) is 0.867. The maximum atomic E-state index is 12.6. The molecular formula is C15H23ClN2O2. The van der Waals surface area contributed by atoms with Crippen molar-refractivity contribution in [1.29, 1.82) is 0 Å². The molecule has 1 N–H and O–H groups in total. The maximum absolute atomic E-state index is 12.6. The van der Waals surface area contributed by atoms with Gasteiger partial charge in [0.05, 0.1) is 12.0 Å². The summed E-state index contributed by atoms with van der Waals surface area (Å²) in [5, 5.41) is 2.85. The van der Waals surface area contributed by atoms with E-state index in [9.17, 15) is 9.59 Å². The molecule has 112 valence electrons. The third-order valence-corrected chi connectivity index (χ3v) is 5.81. The summed E-state index contributed by atoms with van der Waals surface area (Å²) in [4.78, 5) is 25.6. The van der Waals surface area contributed by atoms with Crippen molar-refractivity contribution in [3.05, 3.63) is 0 Å². The SMILES string of the molecule is CN(C)C(=O)CNC(=O)C12CC3CC(CC(Cl)(C3)C1)C2. The number of hydrogen-bond acceptors (Lipinski definition) is 2. The van der Waals surface area contributed by atoms with Gasteiger partial charge in [-0.15, -0.1) is 11.6 Å². The van der Waals surface area contributed by atoms with Crippen molar-refractivity contribution in [3.63, 3.8) is 0 Å². The zero-order valence-corrected chi connectivity index (χ0v) is 13.0. The fourth-order valence-electron chi connectivity index (χ4n) is 4.92. The maximum Gasteiger partial charge on any atom is 0.241 e. The van der Waals surface area contributed by atoms with Crippen LogP contribution in [0.15, 0.2) is 0 Å². The smallest absolute Gasteiger partial charge is 0.241 e. The lowest BCUT2D eigenvalue weighted by Gasteiger charge is -2.59. The molecule has 0 aromatic rings. The second kappa shape index (κ2) is 4.62. The Bertz CT molecular complexity index is 435. The van der Waals surface area contributed by atoms with E-state index in [0.717, 1.165) is 32.1 Å². The van der Waals surface area contributed by atoms with Crippen LogP contribution in [0.4, 0.5) is 0 Å². The number of alkyl halides is 1. The highest BCUT2D eigenvalue weighted by Gasteiger charge is 2.59. The van der Waals surface area contributed by atoms with E-state index in [1.54, 1.807) is 14.1 Å². The zero-order chi connectivity index (χ0) is 14.5. The van der Waals surface area contributed by atoms with Gasteiger partial charge in [-0.25, -0.2) is 0 Å². The van der Waals surface area contributed by atoms with E-state index < -0.39 is 0 Å². The van der Waals surface area contributed by atoms with E-state index in [1.165, 1.54) is 11.3 Å². The fourth-order valence-corrected chi connectivity index (χ4v) is 5.61. The summed E-state index contributed by atoms with van der Waals surface area (Å²) in [5.74, 6) is 1.18. The highest BCUT2D eigenvalue weighted by Crippen LogP contribution is 2.63. The lowest BCUT2D eigenvalue weighted by Crippen LogP contribution is -2.59. The molecule has 0 aromatic heterocycles. The second-order valence-corrected chi connectivity index (χ2v) is 8.16. The van der Waals surface area contributed by atoms with Gasteiger partial charge in [-0.2, -0.15) is 0 Å². The van der Waals surface area contributed by atoms with Gasteiger partial charge in [0.15, 0.2) is 0 Å². The van der Waals surface area contributed by atoms with Gasteiger partial charge in [-0.3, -0.25) is 9.59 Å². The summed E-state index contributed by atoms with van der Waals surface area (Å²) in [5.41, 5.74) is -0.307. The summed E-state index contributed by atoms with van der Waals surface area (Å²) in [7, 11) is 3.40. The molecule has 0 heterocycles. The van der Waals surface area contributed by atoms with Crippen molar-refractivity contribution in [3.8, 4) is 0 Å². The topological polar surface area (TPSA) is 49.4 Å². The van der Waals surface area contributed by atoms with Crippen LogP contribution < -0.4 is 5.32 Å². The molecule has 4 aliphatic rings. The van der Waals surface area contributed by atoms with Crippen molar-refractivity contribution >= 4 is 23.4 Å². The van der Waals surface area contributed by atoms with Gasteiger partial charge >= 0.3 is 0 Å². The molecule has 5 heteroatoms. The summed E-state index contributed by atoms with van der Waals surface area (Å²) < 4.78 is 0. The van der Waals surface area contributed by atoms with Gasteiger partial charge in [0.2, 0.25) is 11.8 Å². The normalized spacial score (nSPS) is 41.5. The molecule has 20 heavy (non-hydrogen) atoms. The number of carbonyl (C=O) groups excluding carboxylic acids is 2. The number of carbonyl (C=O) groups is 2. The third-order valence-electron chi connectivity index (χ3n) is 5.37. The number of likely N-dealkylation sites (N-methyl/N-ethyl adjacent to an activating group) is 1. The van der Waals surface area contributed by atoms with Gasteiger partial charge in [0.25, 0.3) is 0 Å². The Morgan fingerprint density at radius 3 is 2.30 bits per heavy atom. The Balaban J connectivity index is 1.70. The Morgan fingerprint density at radius 1 is 1.20 bits per heavy atom. The molecule has 4 nitrogen and oxygen atoms in total. The average Bonchev–Trinajstić information content (AvgIpc) is 2.32. The molecule has 0 radical (unpaired) electrons. The Hall–Kier alpha value is -0.770. The Kier molecular flexibility index (Phi) is 3.27. The van der Waals surface area contributed by atoms with E-state index >= 15 is 0 Å². The zero-order valence-electron chi connectivity index (χ0n) is 12.2. The lowest BCUT2D eigenvalue weighted by molar-refractivity contribution is -0.146. The average molecular weight is 299 g/mol. The number of nitrogens with zero attached hydrogens (tertiary/aromatic N) is 1. The summed E-state index contributed by atoms with van der Waals surface area (Å²) in [6.07, 6.45) is 6.07. The van der Waals surface area contributed by atoms with Crippen molar-refractivity contribution in [2.24, 2.45) is 17.3 Å². The standard InChI is InChI=1S/C15H23ClN2O2/c1-18(2)12(19)8-17-13(20)14-4-10-3-11(5-14)7-15(16,6-10)9-14/h10-11H,3-9H2,1-2H3,(H,17,20). The molecule has 0 aliphatic heterocycles. The van der Waals surface area contributed by atoms with Crippen LogP contribution in [-0.2, 0) is 9.59 Å². The molecular weight excluding hydrogens is 276 g/mol. The van der Waals surface area contributed by atoms with Gasteiger partial charge in [-0.1, -0.05) is 0 Å². The number of nitrogens with one attached hydrogen (secondary N) is 1. The van der Waals surface area contributed by atoms with E-state index in [2.05, 4.69) is 5.32 Å². The molecule has 4 saturated carbocycles. The molecule has 0 aromatic carbocycles. The Morgan fingerprint density at radius 2 is 1.80 bits per heavy atom. The molecule has 2 atom stereocenters. The van der Waals surface area contributed by atoms with E-state index in [4.69, 9.17) is 11.6 Å². The van der Waals surface area contributed by atoms with Crippen LogP contribution in [0, 0.1) is 17.3 Å². The first-order valence-electron chi connectivity index (χ1n) is 7.49. The van der Waals surface area contributed by atoms with Crippen LogP contribution >= 0.6 is 11.6 Å². The Labute approximate surface area is 125 Å². The van der Waals surface area contributed by atoms with Gasteiger partial charge in [0.1, 0.15) is 0 Å². The minimum absolute atomic E-state index is 0.0480. The predicted molar refractivity (Wildman–Crippen MR) is 77.4 cm³/mol.